The van der Waals surface area contributed by atoms with Crippen LogP contribution in [0.5, 0.6) is 11.5 Å². The Morgan fingerprint density at radius 1 is 1.44 bits per heavy atom. The van der Waals surface area contributed by atoms with Crippen molar-refractivity contribution < 1.29 is 25.0 Å². The third-order valence-corrected chi connectivity index (χ3v) is 3.93. The van der Waals surface area contributed by atoms with Gasteiger partial charge in [0.2, 0.25) is 5.75 Å². The molecule has 0 radical (unpaired) electrons. The molecule has 0 unspecified atom stereocenters. The van der Waals surface area contributed by atoms with Gasteiger partial charge in [-0.2, -0.15) is 0 Å². The van der Waals surface area contributed by atoms with Crippen LogP contribution in [0.2, 0.25) is 5.02 Å². The summed E-state index contributed by atoms with van der Waals surface area (Å²) in [6.07, 6.45) is 0. The Balaban J connectivity index is 2.98. The van der Waals surface area contributed by atoms with Crippen LogP contribution >= 0.6 is 22.9 Å². The van der Waals surface area contributed by atoms with Gasteiger partial charge in [-0.1, -0.05) is 11.6 Å². The highest BCUT2D eigenvalue weighted by Crippen LogP contribution is 2.48. The van der Waals surface area contributed by atoms with Gasteiger partial charge in [-0.15, -0.1) is 11.3 Å². The predicted molar refractivity (Wildman–Crippen MR) is 63.8 cm³/mol. The molecule has 9 heteroatoms. The van der Waals surface area contributed by atoms with E-state index in [0.29, 0.717) is 11.3 Å². The molecular formula is C9H4ClNO6S. The molecule has 0 saturated carbocycles. The number of halogens is 1. The second-order valence-electron chi connectivity index (χ2n) is 3.28. The van der Waals surface area contributed by atoms with Crippen molar-refractivity contribution >= 4 is 44.7 Å². The normalized spacial score (nSPS) is 10.7. The second-order valence-corrected chi connectivity index (χ2v) is 4.68. The molecule has 0 bridgehead atoms. The van der Waals surface area contributed by atoms with Crippen molar-refractivity contribution in [1.82, 2.24) is 0 Å². The molecule has 0 amide bonds. The molecule has 1 heterocycles. The zero-order valence-electron chi connectivity index (χ0n) is 8.38. The molecule has 2 aromatic rings. The van der Waals surface area contributed by atoms with Crippen LogP contribution in [-0.2, 0) is 0 Å². The Kier molecular flexibility index (Phi) is 2.76. The van der Waals surface area contributed by atoms with Gasteiger partial charge in [-0.05, 0) is 6.07 Å². The average molecular weight is 290 g/mol. The fraction of sp³-hybridized carbons (Fsp3) is 0. The fourth-order valence-electron chi connectivity index (χ4n) is 1.47. The molecule has 2 rings (SSSR count). The number of hydrogen-bond donors (Lipinski definition) is 3. The number of nitro groups is 1. The lowest BCUT2D eigenvalue weighted by molar-refractivity contribution is -0.383. The van der Waals surface area contributed by atoms with Crippen LogP contribution in [0.3, 0.4) is 0 Å². The summed E-state index contributed by atoms with van der Waals surface area (Å²) in [5, 5.41) is 38.3. The van der Waals surface area contributed by atoms with Crippen LogP contribution in [0.4, 0.5) is 5.69 Å². The van der Waals surface area contributed by atoms with Gasteiger partial charge in [-0.25, -0.2) is 4.79 Å². The number of benzene rings is 1. The van der Waals surface area contributed by atoms with Gasteiger partial charge in [0.25, 0.3) is 0 Å². The maximum absolute atomic E-state index is 10.9. The largest absolute Gasteiger partial charge is 0.504 e. The lowest BCUT2D eigenvalue weighted by Gasteiger charge is -2.00. The van der Waals surface area contributed by atoms with Crippen LogP contribution in [0.1, 0.15) is 9.67 Å². The number of carboxylic acids is 1. The SMILES string of the molecule is O=C(O)c1sc2c([N+](=O)[O-])c(O)c(O)cc2c1Cl. The predicted octanol–water partition coefficient (Wildman–Crippen LogP) is 2.57. The summed E-state index contributed by atoms with van der Waals surface area (Å²) in [5.74, 6) is -2.98. The maximum Gasteiger partial charge on any atom is 0.347 e. The van der Waals surface area contributed by atoms with Gasteiger partial charge in [0.15, 0.2) is 5.75 Å². The van der Waals surface area contributed by atoms with Gasteiger partial charge in [0, 0.05) is 5.39 Å². The first kappa shape index (κ1) is 12.4. The van der Waals surface area contributed by atoms with Crippen molar-refractivity contribution in [2.45, 2.75) is 0 Å². The highest BCUT2D eigenvalue weighted by atomic mass is 35.5. The lowest BCUT2D eigenvalue weighted by atomic mass is 10.2. The first-order chi connectivity index (χ1) is 8.34. The van der Waals surface area contributed by atoms with E-state index in [1.165, 1.54) is 0 Å². The molecule has 0 atom stereocenters. The average Bonchev–Trinajstić information content (AvgIpc) is 2.57. The number of fused-ring (bicyclic) bond motifs is 1. The topological polar surface area (TPSA) is 121 Å². The first-order valence-electron chi connectivity index (χ1n) is 4.39. The van der Waals surface area contributed by atoms with Gasteiger partial charge < -0.3 is 15.3 Å². The van der Waals surface area contributed by atoms with Gasteiger partial charge in [0.05, 0.1) is 9.95 Å². The van der Waals surface area contributed by atoms with Crippen LogP contribution in [0.15, 0.2) is 6.07 Å². The zero-order chi connectivity index (χ0) is 13.6. The third kappa shape index (κ3) is 1.62. The number of carboxylic acid groups (broad SMARTS) is 1. The van der Waals surface area contributed by atoms with E-state index in [4.69, 9.17) is 16.7 Å². The van der Waals surface area contributed by atoms with Crippen LogP contribution in [0, 0.1) is 10.1 Å². The minimum atomic E-state index is -1.34. The van der Waals surface area contributed by atoms with E-state index in [0.717, 1.165) is 6.07 Å². The molecule has 0 aliphatic carbocycles. The second kappa shape index (κ2) is 4.00. The molecule has 18 heavy (non-hydrogen) atoms. The molecule has 94 valence electrons. The van der Waals surface area contributed by atoms with E-state index in [1.807, 2.05) is 0 Å². The van der Waals surface area contributed by atoms with Gasteiger partial charge in [0.1, 0.15) is 9.58 Å². The Bertz CT molecular complexity index is 694. The number of nitro benzene ring substituents is 1. The van der Waals surface area contributed by atoms with E-state index < -0.39 is 28.1 Å². The zero-order valence-corrected chi connectivity index (χ0v) is 9.95. The van der Waals surface area contributed by atoms with E-state index >= 15 is 0 Å². The minimum Gasteiger partial charge on any atom is -0.504 e. The number of nitrogens with zero attached hydrogens (tertiary/aromatic N) is 1. The van der Waals surface area contributed by atoms with Crippen LogP contribution in [0.25, 0.3) is 10.1 Å². The number of carbonyl (C=O) groups is 1. The number of aromatic carboxylic acids is 1. The highest BCUT2D eigenvalue weighted by Gasteiger charge is 2.28. The maximum atomic E-state index is 10.9. The summed E-state index contributed by atoms with van der Waals surface area (Å²) in [6, 6.07) is 0.989. The van der Waals surface area contributed by atoms with Crippen molar-refractivity contribution in [1.29, 1.82) is 0 Å². The molecule has 0 aliphatic rings. The smallest absolute Gasteiger partial charge is 0.347 e. The standard InChI is InChI=1S/C9H4ClNO6S/c10-4-2-1-3(12)6(13)5(11(16)17)7(2)18-8(4)9(14)15/h1,12-13H,(H,14,15). The summed E-state index contributed by atoms with van der Waals surface area (Å²) < 4.78 is -0.0994. The first-order valence-corrected chi connectivity index (χ1v) is 5.58. The summed E-state index contributed by atoms with van der Waals surface area (Å²) in [5.41, 5.74) is -0.760. The Morgan fingerprint density at radius 3 is 2.56 bits per heavy atom. The summed E-state index contributed by atoms with van der Waals surface area (Å²) in [7, 11) is 0. The van der Waals surface area contributed by atoms with Gasteiger partial charge in [-0.3, -0.25) is 10.1 Å². The van der Waals surface area contributed by atoms with E-state index in [1.54, 1.807) is 0 Å². The van der Waals surface area contributed by atoms with Crippen molar-refractivity contribution in [2.75, 3.05) is 0 Å². The van der Waals surface area contributed by atoms with Crippen LogP contribution < -0.4 is 0 Å². The summed E-state index contributed by atoms with van der Waals surface area (Å²) in [4.78, 5) is 20.5. The third-order valence-electron chi connectivity index (χ3n) is 2.22. The number of aromatic hydroxyl groups is 2. The van der Waals surface area contributed by atoms with Crippen molar-refractivity contribution in [2.24, 2.45) is 0 Å². The number of phenolic OH excluding ortho intramolecular Hbond substituents is 2. The Labute approximate surface area is 108 Å². The van der Waals surface area contributed by atoms with E-state index in [-0.39, 0.29) is 20.0 Å². The number of rotatable bonds is 2. The minimum absolute atomic E-state index is 0.0149. The highest BCUT2D eigenvalue weighted by molar-refractivity contribution is 7.22. The molecule has 7 nitrogen and oxygen atoms in total. The Morgan fingerprint density at radius 2 is 2.06 bits per heavy atom. The molecule has 0 saturated heterocycles. The van der Waals surface area contributed by atoms with Gasteiger partial charge >= 0.3 is 11.7 Å². The van der Waals surface area contributed by atoms with Crippen molar-refractivity contribution in [3.63, 3.8) is 0 Å². The molecule has 0 fully saturated rings. The number of thiophene rings is 1. The summed E-state index contributed by atoms with van der Waals surface area (Å²) >= 11 is 6.33. The van der Waals surface area contributed by atoms with Crippen molar-refractivity contribution in [3.05, 3.63) is 26.1 Å². The molecule has 1 aromatic heterocycles. The van der Waals surface area contributed by atoms with E-state index in [9.17, 15) is 25.1 Å². The molecule has 1 aromatic carbocycles. The fourth-order valence-corrected chi connectivity index (χ4v) is 2.90. The Hall–Kier alpha value is -2.06. The van der Waals surface area contributed by atoms with E-state index in [2.05, 4.69) is 0 Å². The lowest BCUT2D eigenvalue weighted by Crippen LogP contribution is -1.91. The van der Waals surface area contributed by atoms with Crippen molar-refractivity contribution in [3.8, 4) is 11.5 Å². The summed E-state index contributed by atoms with van der Waals surface area (Å²) in [6.45, 7) is 0. The molecule has 0 aliphatic heterocycles. The quantitative estimate of drug-likeness (QED) is 0.444. The molecule has 0 spiro atoms. The molecule has 3 N–H and O–H groups in total. The monoisotopic (exact) mass is 289 g/mol. The number of phenols is 2. The number of hydrogen-bond acceptors (Lipinski definition) is 6. The van der Waals surface area contributed by atoms with Crippen LogP contribution in [-0.4, -0.2) is 26.2 Å². The molecular weight excluding hydrogens is 286 g/mol.